The van der Waals surface area contributed by atoms with Crippen LogP contribution in [0, 0.1) is 0 Å². The van der Waals surface area contributed by atoms with Gasteiger partial charge in [0.15, 0.2) is 28.6 Å². The lowest BCUT2D eigenvalue weighted by Crippen LogP contribution is -2.00. The maximum absolute atomic E-state index is 6.16. The molecule has 0 atom stereocenters. The van der Waals surface area contributed by atoms with E-state index in [2.05, 4.69) is 46.4 Å². The van der Waals surface area contributed by atoms with Crippen molar-refractivity contribution in [3.05, 3.63) is 140 Å². The highest BCUT2D eigenvalue weighted by molar-refractivity contribution is 6.08. The molecule has 0 N–H and O–H groups in total. The molecule has 8 rings (SSSR count). The summed E-state index contributed by atoms with van der Waals surface area (Å²) in [6.07, 6.45) is 5.35. The van der Waals surface area contributed by atoms with Crippen LogP contribution < -0.4 is 0 Å². The minimum Gasteiger partial charge on any atom is -0.452 e. The number of aromatic nitrogens is 5. The molecule has 0 saturated carbocycles. The Hall–Kier alpha value is -6.01. The molecular formula is C37H23N5O. The zero-order valence-corrected chi connectivity index (χ0v) is 22.9. The maximum Gasteiger partial charge on any atom is 0.164 e. The Bertz CT molecular complexity index is 2170. The van der Waals surface area contributed by atoms with E-state index in [1.54, 1.807) is 12.4 Å². The Morgan fingerprint density at radius 3 is 1.72 bits per heavy atom. The molecule has 43 heavy (non-hydrogen) atoms. The van der Waals surface area contributed by atoms with Gasteiger partial charge < -0.3 is 4.42 Å². The maximum atomic E-state index is 6.16. The first kappa shape index (κ1) is 24.8. The van der Waals surface area contributed by atoms with E-state index in [1.807, 2.05) is 91.1 Å². The highest BCUT2D eigenvalue weighted by Gasteiger charge is 2.15. The van der Waals surface area contributed by atoms with Crippen LogP contribution in [-0.4, -0.2) is 24.9 Å². The minimum atomic E-state index is 0.626. The van der Waals surface area contributed by atoms with Gasteiger partial charge in [-0.15, -0.1) is 0 Å². The first-order chi connectivity index (χ1) is 21.3. The summed E-state index contributed by atoms with van der Waals surface area (Å²) in [6, 6.07) is 40.7. The molecule has 8 aromatic rings. The molecule has 6 nitrogen and oxygen atoms in total. The van der Waals surface area contributed by atoms with Crippen LogP contribution in [0.4, 0.5) is 0 Å². The summed E-state index contributed by atoms with van der Waals surface area (Å²) >= 11 is 0. The number of fused-ring (bicyclic) bond motifs is 3. The van der Waals surface area contributed by atoms with Gasteiger partial charge >= 0.3 is 0 Å². The van der Waals surface area contributed by atoms with Crippen LogP contribution in [0.5, 0.6) is 0 Å². The Morgan fingerprint density at radius 1 is 0.442 bits per heavy atom. The molecular weight excluding hydrogens is 530 g/mol. The van der Waals surface area contributed by atoms with Gasteiger partial charge in [0.05, 0.1) is 6.20 Å². The van der Waals surface area contributed by atoms with Crippen molar-refractivity contribution in [3.63, 3.8) is 0 Å². The fourth-order valence-corrected chi connectivity index (χ4v) is 5.36. The van der Waals surface area contributed by atoms with Crippen molar-refractivity contribution in [2.75, 3.05) is 0 Å². The Kier molecular flexibility index (Phi) is 6.01. The van der Waals surface area contributed by atoms with E-state index in [9.17, 15) is 0 Å². The predicted molar refractivity (Wildman–Crippen MR) is 170 cm³/mol. The van der Waals surface area contributed by atoms with E-state index in [1.165, 1.54) is 0 Å². The second-order valence-corrected chi connectivity index (χ2v) is 10.2. The molecule has 0 bridgehead atoms. The third kappa shape index (κ3) is 4.61. The lowest BCUT2D eigenvalue weighted by Gasteiger charge is -2.10. The van der Waals surface area contributed by atoms with Gasteiger partial charge in [-0.3, -0.25) is 9.97 Å². The molecule has 0 unspecified atom stereocenters. The largest absolute Gasteiger partial charge is 0.452 e. The fraction of sp³-hybridized carbons (Fsp3) is 0. The van der Waals surface area contributed by atoms with E-state index in [0.717, 1.165) is 61.0 Å². The molecule has 0 radical (unpaired) electrons. The standard InChI is InChI=1S/C37H23N5O/c1-3-8-26(9-4-1)35-40-36(27-10-5-2-6-11-27)42-37(41-35)29-13-7-12-28(22-29)24-14-16-25(17-15-24)33-34-31(19-21-39-33)30-18-20-38-23-32(30)43-34/h1-23H. The van der Waals surface area contributed by atoms with Crippen molar-refractivity contribution in [3.8, 4) is 56.5 Å². The van der Waals surface area contributed by atoms with Crippen molar-refractivity contribution < 1.29 is 4.42 Å². The molecule has 4 aromatic heterocycles. The highest BCUT2D eigenvalue weighted by Crippen LogP contribution is 2.35. The van der Waals surface area contributed by atoms with E-state index in [4.69, 9.17) is 19.4 Å². The number of furan rings is 1. The summed E-state index contributed by atoms with van der Waals surface area (Å²) in [5, 5.41) is 2.06. The van der Waals surface area contributed by atoms with E-state index in [-0.39, 0.29) is 0 Å². The van der Waals surface area contributed by atoms with Crippen LogP contribution in [0.2, 0.25) is 0 Å². The second-order valence-electron chi connectivity index (χ2n) is 10.2. The van der Waals surface area contributed by atoms with Crippen LogP contribution in [0.3, 0.4) is 0 Å². The molecule has 4 heterocycles. The monoisotopic (exact) mass is 553 g/mol. The van der Waals surface area contributed by atoms with Crippen molar-refractivity contribution in [2.45, 2.75) is 0 Å². The van der Waals surface area contributed by atoms with Crippen LogP contribution in [0.15, 0.2) is 144 Å². The third-order valence-electron chi connectivity index (χ3n) is 7.50. The first-order valence-electron chi connectivity index (χ1n) is 14.0. The fourth-order valence-electron chi connectivity index (χ4n) is 5.36. The van der Waals surface area contributed by atoms with Gasteiger partial charge in [0.1, 0.15) is 5.69 Å². The predicted octanol–water partition coefficient (Wildman–Crippen LogP) is 8.90. The lowest BCUT2D eigenvalue weighted by atomic mass is 10.00. The smallest absolute Gasteiger partial charge is 0.164 e. The molecule has 6 heteroatoms. The number of rotatable bonds is 5. The van der Waals surface area contributed by atoms with E-state index < -0.39 is 0 Å². The van der Waals surface area contributed by atoms with Crippen LogP contribution in [0.25, 0.3) is 78.5 Å². The highest BCUT2D eigenvalue weighted by atomic mass is 16.3. The van der Waals surface area contributed by atoms with Crippen molar-refractivity contribution >= 4 is 21.9 Å². The van der Waals surface area contributed by atoms with Gasteiger partial charge in [-0.2, -0.15) is 0 Å². The summed E-state index contributed by atoms with van der Waals surface area (Å²) < 4.78 is 6.16. The van der Waals surface area contributed by atoms with Crippen molar-refractivity contribution in [1.82, 2.24) is 24.9 Å². The number of hydrogen-bond donors (Lipinski definition) is 0. The number of hydrogen-bond acceptors (Lipinski definition) is 6. The number of nitrogens with zero attached hydrogens (tertiary/aromatic N) is 5. The van der Waals surface area contributed by atoms with Gasteiger partial charge in [0.2, 0.25) is 0 Å². The van der Waals surface area contributed by atoms with E-state index in [0.29, 0.717) is 17.5 Å². The molecule has 4 aromatic carbocycles. The third-order valence-corrected chi connectivity index (χ3v) is 7.50. The topological polar surface area (TPSA) is 77.6 Å². The van der Waals surface area contributed by atoms with Crippen molar-refractivity contribution in [1.29, 1.82) is 0 Å². The Morgan fingerprint density at radius 2 is 1.02 bits per heavy atom. The first-order valence-corrected chi connectivity index (χ1v) is 14.0. The number of pyridine rings is 2. The van der Waals surface area contributed by atoms with Crippen LogP contribution in [-0.2, 0) is 0 Å². The molecule has 0 fully saturated rings. The number of benzene rings is 4. The van der Waals surface area contributed by atoms with Crippen LogP contribution in [0.1, 0.15) is 0 Å². The van der Waals surface area contributed by atoms with Gasteiger partial charge in [-0.25, -0.2) is 15.0 Å². The second kappa shape index (κ2) is 10.4. The minimum absolute atomic E-state index is 0.626. The molecule has 0 aliphatic heterocycles. The molecule has 0 aliphatic carbocycles. The summed E-state index contributed by atoms with van der Waals surface area (Å²) in [6.45, 7) is 0. The molecule has 0 aliphatic rings. The lowest BCUT2D eigenvalue weighted by molar-refractivity contribution is 0.666. The summed E-state index contributed by atoms with van der Waals surface area (Å²) in [4.78, 5) is 23.5. The van der Waals surface area contributed by atoms with E-state index >= 15 is 0 Å². The molecule has 202 valence electrons. The van der Waals surface area contributed by atoms with Crippen LogP contribution >= 0.6 is 0 Å². The molecule has 0 saturated heterocycles. The Balaban J connectivity index is 1.18. The van der Waals surface area contributed by atoms with Gasteiger partial charge in [0, 0.05) is 45.4 Å². The SMILES string of the molecule is c1ccc(-c2nc(-c3ccccc3)nc(-c3cccc(-c4ccc(-c5nccc6c5oc5cnccc56)cc4)c3)n2)cc1. The summed E-state index contributed by atoms with van der Waals surface area (Å²) in [7, 11) is 0. The molecule has 0 spiro atoms. The van der Waals surface area contributed by atoms with Gasteiger partial charge in [0.25, 0.3) is 0 Å². The normalized spacial score (nSPS) is 11.3. The van der Waals surface area contributed by atoms with Crippen molar-refractivity contribution in [2.24, 2.45) is 0 Å². The Labute approximate surface area is 247 Å². The average Bonchev–Trinajstić information content (AvgIpc) is 3.48. The van der Waals surface area contributed by atoms with Gasteiger partial charge in [-0.1, -0.05) is 103 Å². The zero-order chi connectivity index (χ0) is 28.6. The molecule has 0 amide bonds. The van der Waals surface area contributed by atoms with Gasteiger partial charge in [-0.05, 0) is 29.3 Å². The summed E-state index contributed by atoms with van der Waals surface area (Å²) in [5.74, 6) is 1.91. The summed E-state index contributed by atoms with van der Waals surface area (Å²) in [5.41, 5.74) is 8.25. The average molecular weight is 554 g/mol. The zero-order valence-electron chi connectivity index (χ0n) is 22.9. The quantitative estimate of drug-likeness (QED) is 0.212.